The van der Waals surface area contributed by atoms with Crippen molar-refractivity contribution in [2.45, 2.75) is 30.8 Å². The minimum absolute atomic E-state index is 0.0252. The molecule has 0 saturated heterocycles. The van der Waals surface area contributed by atoms with Crippen LogP contribution in [0, 0.1) is 0 Å². The van der Waals surface area contributed by atoms with Gasteiger partial charge in [-0.3, -0.25) is 0 Å². The number of sulfonamides is 1. The van der Waals surface area contributed by atoms with Gasteiger partial charge in [-0.25, -0.2) is 13.1 Å². The molecule has 0 fully saturated rings. The van der Waals surface area contributed by atoms with E-state index in [1.165, 1.54) is 18.2 Å². The van der Waals surface area contributed by atoms with Gasteiger partial charge in [0.05, 0.1) is 15.6 Å². The fourth-order valence-corrected chi connectivity index (χ4v) is 3.07. The maximum Gasteiger partial charge on any atom is 0.242 e. The molecule has 0 bridgehead atoms. The molecular weight excluding hydrogens is 297 g/mol. The largest absolute Gasteiger partial charge is 0.389 e. The summed E-state index contributed by atoms with van der Waals surface area (Å²) in [6.45, 7) is 3.23. The van der Waals surface area contributed by atoms with Crippen LogP contribution >= 0.6 is 23.2 Å². The molecule has 4 nitrogen and oxygen atoms in total. The van der Waals surface area contributed by atoms with Crippen LogP contribution in [0.15, 0.2) is 23.1 Å². The Labute approximate surface area is 117 Å². The predicted molar refractivity (Wildman–Crippen MR) is 72.6 cm³/mol. The Morgan fingerprint density at radius 3 is 2.56 bits per heavy atom. The molecule has 0 radical (unpaired) electrons. The van der Waals surface area contributed by atoms with E-state index in [-0.39, 0.29) is 21.5 Å². The first-order valence-corrected chi connectivity index (χ1v) is 7.59. The van der Waals surface area contributed by atoms with E-state index in [0.717, 1.165) is 0 Å². The molecule has 102 valence electrons. The van der Waals surface area contributed by atoms with Gasteiger partial charge >= 0.3 is 0 Å². The summed E-state index contributed by atoms with van der Waals surface area (Å²) in [5.41, 5.74) is -1.10. The highest BCUT2D eigenvalue weighted by molar-refractivity contribution is 7.89. The molecule has 1 rings (SSSR count). The van der Waals surface area contributed by atoms with Crippen molar-refractivity contribution in [3.63, 3.8) is 0 Å². The second kappa shape index (κ2) is 5.75. The van der Waals surface area contributed by atoms with E-state index in [4.69, 9.17) is 23.2 Å². The summed E-state index contributed by atoms with van der Waals surface area (Å²) in [6, 6.07) is 4.36. The smallest absolute Gasteiger partial charge is 0.242 e. The van der Waals surface area contributed by atoms with Gasteiger partial charge in [0.2, 0.25) is 10.0 Å². The Balaban J connectivity index is 2.98. The van der Waals surface area contributed by atoms with Gasteiger partial charge in [0.15, 0.2) is 0 Å². The van der Waals surface area contributed by atoms with Crippen LogP contribution in [0.4, 0.5) is 0 Å². The third-order valence-electron chi connectivity index (χ3n) is 2.61. The summed E-state index contributed by atoms with van der Waals surface area (Å²) in [7, 11) is -3.78. The van der Waals surface area contributed by atoms with Crippen LogP contribution in [-0.4, -0.2) is 25.7 Å². The quantitative estimate of drug-likeness (QED) is 0.877. The molecule has 0 heterocycles. The minimum Gasteiger partial charge on any atom is -0.389 e. The maximum atomic E-state index is 12.0. The number of rotatable bonds is 5. The summed E-state index contributed by atoms with van der Waals surface area (Å²) in [4.78, 5) is -0.0939. The highest BCUT2D eigenvalue weighted by atomic mass is 35.5. The molecule has 1 unspecified atom stereocenters. The summed E-state index contributed by atoms with van der Waals surface area (Å²) in [5, 5.41) is 9.91. The Hall–Kier alpha value is -0.330. The molecule has 0 saturated carbocycles. The average Bonchev–Trinajstić information content (AvgIpc) is 2.30. The lowest BCUT2D eigenvalue weighted by Gasteiger charge is -2.21. The van der Waals surface area contributed by atoms with Gasteiger partial charge in [0.1, 0.15) is 4.90 Å². The lowest BCUT2D eigenvalue weighted by atomic mass is 10.1. The standard InChI is InChI=1S/C11H15Cl2NO3S/c1-3-11(2,15)7-14-18(16,17)9-6-4-5-8(12)10(9)13/h4-6,14-15H,3,7H2,1-2H3. The number of hydrogen-bond donors (Lipinski definition) is 2. The Morgan fingerprint density at radius 1 is 1.39 bits per heavy atom. The molecule has 0 spiro atoms. The normalized spacial score (nSPS) is 15.4. The first-order chi connectivity index (χ1) is 8.19. The third kappa shape index (κ3) is 3.83. The monoisotopic (exact) mass is 311 g/mol. The van der Waals surface area contributed by atoms with E-state index >= 15 is 0 Å². The number of nitrogens with one attached hydrogen (secondary N) is 1. The zero-order valence-corrected chi connectivity index (χ0v) is 12.4. The van der Waals surface area contributed by atoms with Crippen LogP contribution in [0.5, 0.6) is 0 Å². The van der Waals surface area contributed by atoms with E-state index in [0.29, 0.717) is 6.42 Å². The van der Waals surface area contributed by atoms with Crippen LogP contribution in [0.2, 0.25) is 10.0 Å². The molecule has 0 aliphatic carbocycles. The molecular formula is C11H15Cl2NO3S. The molecule has 1 aromatic rings. The number of aliphatic hydroxyl groups is 1. The van der Waals surface area contributed by atoms with Crippen LogP contribution in [0.3, 0.4) is 0 Å². The Kier molecular flexibility index (Phi) is 5.03. The second-order valence-corrected chi connectivity index (χ2v) is 6.75. The van der Waals surface area contributed by atoms with E-state index in [2.05, 4.69) is 4.72 Å². The zero-order valence-electron chi connectivity index (χ0n) is 10.1. The van der Waals surface area contributed by atoms with Gasteiger partial charge < -0.3 is 5.11 Å². The van der Waals surface area contributed by atoms with Crippen LogP contribution in [0.25, 0.3) is 0 Å². The van der Waals surface area contributed by atoms with Gasteiger partial charge in [-0.2, -0.15) is 0 Å². The van der Waals surface area contributed by atoms with Gasteiger partial charge in [-0.05, 0) is 25.5 Å². The minimum atomic E-state index is -3.78. The van der Waals surface area contributed by atoms with E-state index < -0.39 is 15.6 Å². The molecule has 1 atom stereocenters. The average molecular weight is 312 g/mol. The van der Waals surface area contributed by atoms with Crippen molar-refractivity contribution in [2.75, 3.05) is 6.54 Å². The van der Waals surface area contributed by atoms with Crippen molar-refractivity contribution in [1.82, 2.24) is 4.72 Å². The summed E-state index contributed by atoms with van der Waals surface area (Å²) >= 11 is 11.6. The van der Waals surface area contributed by atoms with Crippen molar-refractivity contribution in [3.05, 3.63) is 28.2 Å². The van der Waals surface area contributed by atoms with Crippen molar-refractivity contribution in [2.24, 2.45) is 0 Å². The van der Waals surface area contributed by atoms with Crippen molar-refractivity contribution in [3.8, 4) is 0 Å². The SMILES string of the molecule is CCC(C)(O)CNS(=O)(=O)c1cccc(Cl)c1Cl. The molecule has 2 N–H and O–H groups in total. The third-order valence-corrected chi connectivity index (χ3v) is 4.98. The van der Waals surface area contributed by atoms with Crippen LogP contribution < -0.4 is 4.72 Å². The highest BCUT2D eigenvalue weighted by Gasteiger charge is 2.24. The van der Waals surface area contributed by atoms with Crippen molar-refractivity contribution in [1.29, 1.82) is 0 Å². The van der Waals surface area contributed by atoms with Gasteiger partial charge in [0.25, 0.3) is 0 Å². The molecule has 0 aromatic heterocycles. The van der Waals surface area contributed by atoms with E-state index in [1.54, 1.807) is 13.8 Å². The first kappa shape index (κ1) is 15.7. The molecule has 7 heteroatoms. The Morgan fingerprint density at radius 2 is 2.00 bits per heavy atom. The predicted octanol–water partition coefficient (Wildman–Crippen LogP) is 2.43. The van der Waals surface area contributed by atoms with Crippen LogP contribution in [0.1, 0.15) is 20.3 Å². The van der Waals surface area contributed by atoms with Gasteiger partial charge in [-0.15, -0.1) is 0 Å². The van der Waals surface area contributed by atoms with Crippen molar-refractivity contribution < 1.29 is 13.5 Å². The zero-order chi connectivity index (χ0) is 14.0. The molecule has 0 amide bonds. The highest BCUT2D eigenvalue weighted by Crippen LogP contribution is 2.28. The lowest BCUT2D eigenvalue weighted by Crippen LogP contribution is -2.40. The first-order valence-electron chi connectivity index (χ1n) is 5.35. The lowest BCUT2D eigenvalue weighted by molar-refractivity contribution is 0.0613. The molecule has 18 heavy (non-hydrogen) atoms. The molecule has 0 aliphatic rings. The number of hydrogen-bond acceptors (Lipinski definition) is 3. The van der Waals surface area contributed by atoms with E-state index in [9.17, 15) is 13.5 Å². The van der Waals surface area contributed by atoms with Crippen LogP contribution in [-0.2, 0) is 10.0 Å². The summed E-state index contributed by atoms with van der Waals surface area (Å²) in [6.07, 6.45) is 0.429. The van der Waals surface area contributed by atoms with E-state index in [1.807, 2.05) is 0 Å². The summed E-state index contributed by atoms with van der Waals surface area (Å²) < 4.78 is 26.3. The number of halogens is 2. The maximum absolute atomic E-state index is 12.0. The molecule has 0 aliphatic heterocycles. The number of benzene rings is 1. The summed E-state index contributed by atoms with van der Waals surface area (Å²) in [5.74, 6) is 0. The fourth-order valence-electron chi connectivity index (χ4n) is 1.14. The fraction of sp³-hybridized carbons (Fsp3) is 0.455. The Bertz CT molecular complexity index is 529. The van der Waals surface area contributed by atoms with Gasteiger partial charge in [0, 0.05) is 6.54 Å². The second-order valence-electron chi connectivity index (χ2n) is 4.23. The molecule has 1 aromatic carbocycles. The topological polar surface area (TPSA) is 66.4 Å². The van der Waals surface area contributed by atoms with Crippen molar-refractivity contribution >= 4 is 33.2 Å². The van der Waals surface area contributed by atoms with Gasteiger partial charge in [-0.1, -0.05) is 36.2 Å².